The van der Waals surface area contributed by atoms with Crippen LogP contribution in [0.2, 0.25) is 0 Å². The SMILES string of the molecule is CN(CCCO)C(=O)C(C)(Cc1ccccc1)c1ccnc2c(-c3ccc(C(F)(F)F)cc3)cnn12. The number of aliphatic hydroxyl groups is 1. The summed E-state index contributed by atoms with van der Waals surface area (Å²) in [5, 5.41) is 13.7. The Kier molecular flexibility index (Phi) is 7.12. The molecule has 4 aromatic rings. The first-order valence-electron chi connectivity index (χ1n) is 11.6. The highest BCUT2D eigenvalue weighted by molar-refractivity contribution is 5.88. The molecule has 1 unspecified atom stereocenters. The molecule has 0 saturated heterocycles. The molecule has 6 nitrogen and oxygen atoms in total. The minimum absolute atomic E-state index is 0.0256. The second-order valence-corrected chi connectivity index (χ2v) is 9.00. The van der Waals surface area contributed by atoms with Gasteiger partial charge in [0.05, 0.1) is 22.9 Å². The van der Waals surface area contributed by atoms with Crippen LogP contribution in [0.25, 0.3) is 16.8 Å². The van der Waals surface area contributed by atoms with Crippen molar-refractivity contribution in [1.82, 2.24) is 19.5 Å². The normalized spacial score (nSPS) is 13.5. The van der Waals surface area contributed by atoms with Crippen LogP contribution in [0.1, 0.15) is 30.2 Å². The number of alkyl halides is 3. The van der Waals surface area contributed by atoms with Gasteiger partial charge in [-0.3, -0.25) is 4.79 Å². The molecular weight excluding hydrogens is 469 g/mol. The minimum Gasteiger partial charge on any atom is -0.396 e. The van der Waals surface area contributed by atoms with E-state index in [9.17, 15) is 23.1 Å². The number of benzene rings is 2. The van der Waals surface area contributed by atoms with Crippen LogP contribution in [-0.4, -0.2) is 50.7 Å². The summed E-state index contributed by atoms with van der Waals surface area (Å²) in [6.07, 6.45) is -0.436. The number of hydrogen-bond acceptors (Lipinski definition) is 4. The summed E-state index contributed by atoms with van der Waals surface area (Å²) in [6.45, 7) is 2.22. The van der Waals surface area contributed by atoms with Gasteiger partial charge in [0.25, 0.3) is 0 Å². The standard InChI is InChI=1S/C27H27F3N4O2/c1-26(17-19-7-4-3-5-8-19,25(36)33(2)15-6-16-35)23-13-14-31-24-22(18-32-34(23)24)20-9-11-21(12-10-20)27(28,29)30/h3-5,7-14,18,35H,6,15-17H2,1-2H3. The van der Waals surface area contributed by atoms with Gasteiger partial charge in [-0.1, -0.05) is 42.5 Å². The van der Waals surface area contributed by atoms with Gasteiger partial charge in [-0.2, -0.15) is 18.3 Å². The number of aliphatic hydroxyl groups excluding tert-OH is 1. The molecule has 4 rings (SSSR count). The summed E-state index contributed by atoms with van der Waals surface area (Å²) in [6, 6.07) is 16.2. The van der Waals surface area contributed by atoms with Crippen LogP contribution < -0.4 is 0 Å². The zero-order valence-corrected chi connectivity index (χ0v) is 20.0. The lowest BCUT2D eigenvalue weighted by Gasteiger charge is -2.33. The van der Waals surface area contributed by atoms with Gasteiger partial charge in [0, 0.05) is 32.0 Å². The van der Waals surface area contributed by atoms with E-state index in [0.717, 1.165) is 17.7 Å². The zero-order valence-electron chi connectivity index (χ0n) is 20.0. The van der Waals surface area contributed by atoms with Crippen LogP contribution in [-0.2, 0) is 22.8 Å². The molecule has 0 aliphatic rings. The van der Waals surface area contributed by atoms with E-state index in [0.29, 0.717) is 41.9 Å². The number of rotatable bonds is 8. The van der Waals surface area contributed by atoms with Gasteiger partial charge >= 0.3 is 6.18 Å². The van der Waals surface area contributed by atoms with Crippen LogP contribution in [0.3, 0.4) is 0 Å². The van der Waals surface area contributed by atoms with Crippen molar-refractivity contribution in [2.75, 3.05) is 20.2 Å². The van der Waals surface area contributed by atoms with Crippen LogP contribution in [0.15, 0.2) is 73.1 Å². The summed E-state index contributed by atoms with van der Waals surface area (Å²) < 4.78 is 40.6. The molecule has 1 atom stereocenters. The summed E-state index contributed by atoms with van der Waals surface area (Å²) in [4.78, 5) is 19.9. The van der Waals surface area contributed by atoms with Crippen molar-refractivity contribution in [2.45, 2.75) is 31.4 Å². The lowest BCUT2D eigenvalue weighted by atomic mass is 9.78. The molecule has 0 fully saturated rings. The first-order valence-corrected chi connectivity index (χ1v) is 11.6. The number of aromatic nitrogens is 3. The summed E-state index contributed by atoms with van der Waals surface area (Å²) >= 11 is 0. The Hall–Kier alpha value is -3.72. The van der Waals surface area contributed by atoms with E-state index in [1.807, 2.05) is 37.3 Å². The van der Waals surface area contributed by atoms with Crippen molar-refractivity contribution in [3.8, 4) is 11.1 Å². The van der Waals surface area contributed by atoms with Crippen molar-refractivity contribution < 1.29 is 23.1 Å². The highest BCUT2D eigenvalue weighted by Gasteiger charge is 2.40. The van der Waals surface area contributed by atoms with Gasteiger partial charge in [-0.25, -0.2) is 9.50 Å². The molecule has 1 amide bonds. The highest BCUT2D eigenvalue weighted by atomic mass is 19.4. The van der Waals surface area contributed by atoms with Gasteiger partial charge in [0.2, 0.25) is 5.91 Å². The Morgan fingerprint density at radius 3 is 2.39 bits per heavy atom. The van der Waals surface area contributed by atoms with Crippen molar-refractivity contribution in [1.29, 1.82) is 0 Å². The predicted octanol–water partition coefficient (Wildman–Crippen LogP) is 4.76. The van der Waals surface area contributed by atoms with Gasteiger partial charge in [0.1, 0.15) is 0 Å². The Bertz CT molecular complexity index is 1340. The topological polar surface area (TPSA) is 70.7 Å². The number of carbonyl (C=O) groups is 1. The Labute approximate surface area is 207 Å². The molecule has 0 aliphatic carbocycles. The van der Waals surface area contributed by atoms with E-state index >= 15 is 0 Å². The van der Waals surface area contributed by atoms with Crippen molar-refractivity contribution in [2.24, 2.45) is 0 Å². The second kappa shape index (κ2) is 10.1. The monoisotopic (exact) mass is 496 g/mol. The van der Waals surface area contributed by atoms with Crippen molar-refractivity contribution in [3.63, 3.8) is 0 Å². The molecule has 0 aliphatic heterocycles. The molecular formula is C27H27F3N4O2. The zero-order chi connectivity index (χ0) is 25.9. The average Bonchev–Trinajstić information content (AvgIpc) is 3.31. The summed E-state index contributed by atoms with van der Waals surface area (Å²) in [5.41, 5.74) is 1.35. The van der Waals surface area contributed by atoms with E-state index < -0.39 is 17.2 Å². The molecule has 188 valence electrons. The molecule has 2 aromatic heterocycles. The number of carbonyl (C=O) groups excluding carboxylic acids is 1. The van der Waals surface area contributed by atoms with Crippen molar-refractivity contribution >= 4 is 11.6 Å². The molecule has 0 spiro atoms. The van der Waals surface area contributed by atoms with E-state index in [-0.39, 0.29) is 12.5 Å². The van der Waals surface area contributed by atoms with E-state index in [4.69, 9.17) is 0 Å². The molecule has 1 N–H and O–H groups in total. The molecule has 0 radical (unpaired) electrons. The van der Waals surface area contributed by atoms with Gasteiger partial charge in [-0.15, -0.1) is 0 Å². The molecule has 2 aromatic carbocycles. The molecule has 36 heavy (non-hydrogen) atoms. The molecule has 9 heteroatoms. The third-order valence-corrected chi connectivity index (χ3v) is 6.36. The predicted molar refractivity (Wildman–Crippen MR) is 130 cm³/mol. The number of amides is 1. The van der Waals surface area contributed by atoms with Crippen LogP contribution in [0, 0.1) is 0 Å². The van der Waals surface area contributed by atoms with Crippen LogP contribution in [0.4, 0.5) is 13.2 Å². The lowest BCUT2D eigenvalue weighted by Crippen LogP contribution is -2.46. The fourth-order valence-electron chi connectivity index (χ4n) is 4.46. The fraction of sp³-hybridized carbons (Fsp3) is 0.296. The first kappa shape index (κ1) is 25.4. The number of halogens is 3. The van der Waals surface area contributed by atoms with E-state index in [1.54, 1.807) is 34.9 Å². The van der Waals surface area contributed by atoms with Crippen molar-refractivity contribution in [3.05, 3.63) is 89.9 Å². The summed E-state index contributed by atoms with van der Waals surface area (Å²) in [5.74, 6) is -0.140. The van der Waals surface area contributed by atoms with Gasteiger partial charge < -0.3 is 10.0 Å². The third kappa shape index (κ3) is 4.97. The minimum atomic E-state index is -4.42. The quantitative estimate of drug-likeness (QED) is 0.382. The maximum atomic E-state index is 13.8. The highest BCUT2D eigenvalue weighted by Crippen LogP contribution is 2.34. The molecule has 2 heterocycles. The number of fused-ring (bicyclic) bond motifs is 1. The Morgan fingerprint density at radius 2 is 1.75 bits per heavy atom. The maximum absolute atomic E-state index is 13.8. The average molecular weight is 497 g/mol. The number of hydrogen-bond donors (Lipinski definition) is 1. The maximum Gasteiger partial charge on any atom is 0.416 e. The van der Waals surface area contributed by atoms with Crippen LogP contribution >= 0.6 is 0 Å². The molecule has 0 saturated carbocycles. The Morgan fingerprint density at radius 1 is 1.06 bits per heavy atom. The Balaban J connectivity index is 1.81. The summed E-state index contributed by atoms with van der Waals surface area (Å²) in [7, 11) is 1.70. The smallest absolute Gasteiger partial charge is 0.396 e. The van der Waals surface area contributed by atoms with Gasteiger partial charge in [-0.05, 0) is 49.1 Å². The fourth-order valence-corrected chi connectivity index (χ4v) is 4.46. The number of nitrogens with zero attached hydrogens (tertiary/aromatic N) is 4. The van der Waals surface area contributed by atoms with E-state index in [2.05, 4.69) is 10.1 Å². The third-order valence-electron chi connectivity index (χ3n) is 6.36. The van der Waals surface area contributed by atoms with Crippen LogP contribution in [0.5, 0.6) is 0 Å². The second-order valence-electron chi connectivity index (χ2n) is 9.00. The van der Waals surface area contributed by atoms with Gasteiger partial charge in [0.15, 0.2) is 5.65 Å². The van der Waals surface area contributed by atoms with E-state index in [1.165, 1.54) is 12.1 Å². The molecule has 0 bridgehead atoms. The number of likely N-dealkylation sites (N-methyl/N-ethyl adjacent to an activating group) is 1. The largest absolute Gasteiger partial charge is 0.416 e. The lowest BCUT2D eigenvalue weighted by molar-refractivity contribution is -0.137. The first-order chi connectivity index (χ1) is 17.1.